The van der Waals surface area contributed by atoms with Crippen molar-refractivity contribution in [1.82, 2.24) is 0 Å². The maximum atomic E-state index is 11.5. The van der Waals surface area contributed by atoms with Gasteiger partial charge in [-0.2, -0.15) is 0 Å². The third-order valence-corrected chi connectivity index (χ3v) is 5.05. The molecule has 0 aliphatic heterocycles. The highest BCUT2D eigenvalue weighted by molar-refractivity contribution is 7.90. The number of hydrogen-bond acceptors (Lipinski definition) is 4. The molecule has 0 spiro atoms. The second-order valence-corrected chi connectivity index (χ2v) is 7.51. The van der Waals surface area contributed by atoms with E-state index in [1.807, 2.05) is 0 Å². The summed E-state index contributed by atoms with van der Waals surface area (Å²) in [6, 6.07) is 5.26. The Bertz CT molecular complexity index is 549. The van der Waals surface area contributed by atoms with Gasteiger partial charge in [0.15, 0.2) is 9.84 Å². The van der Waals surface area contributed by atoms with E-state index in [0.717, 1.165) is 5.69 Å². The Kier molecular flexibility index (Phi) is 4.04. The first-order valence-electron chi connectivity index (χ1n) is 6.74. The molecule has 0 radical (unpaired) electrons. The summed E-state index contributed by atoms with van der Waals surface area (Å²) in [6.45, 7) is 2.17. The van der Waals surface area contributed by atoms with Crippen LogP contribution in [0.4, 0.5) is 11.4 Å². The minimum absolute atomic E-state index is 0.268. The van der Waals surface area contributed by atoms with Crippen LogP contribution in [0.15, 0.2) is 23.1 Å². The lowest BCUT2D eigenvalue weighted by molar-refractivity contribution is 0.482. The van der Waals surface area contributed by atoms with Gasteiger partial charge in [-0.25, -0.2) is 8.42 Å². The van der Waals surface area contributed by atoms with Gasteiger partial charge >= 0.3 is 0 Å². The Hall–Kier alpha value is -1.23. The Labute approximate surface area is 115 Å². The van der Waals surface area contributed by atoms with E-state index in [1.165, 1.54) is 38.0 Å². The van der Waals surface area contributed by atoms with Crippen LogP contribution in [0.1, 0.15) is 32.6 Å². The number of hydrogen-bond donors (Lipinski definition) is 2. The summed E-state index contributed by atoms with van der Waals surface area (Å²) < 4.78 is 22.9. The number of sulfone groups is 1. The molecule has 1 aliphatic carbocycles. The van der Waals surface area contributed by atoms with Crippen LogP contribution in [0, 0.1) is 5.92 Å². The standard InChI is InChI=1S/C14H22N2O2S/c1-10(11-5-3-4-6-11)16-14-8-7-12(9-13(14)15)19(2,17)18/h7-11,16H,3-6,15H2,1-2H3. The van der Waals surface area contributed by atoms with Gasteiger partial charge in [-0.05, 0) is 43.9 Å². The van der Waals surface area contributed by atoms with Gasteiger partial charge in [0.1, 0.15) is 0 Å². The number of nitrogens with two attached hydrogens (primary N) is 1. The van der Waals surface area contributed by atoms with Crippen LogP contribution in [-0.4, -0.2) is 20.7 Å². The minimum atomic E-state index is -3.19. The van der Waals surface area contributed by atoms with Crippen LogP contribution in [-0.2, 0) is 9.84 Å². The molecule has 0 bridgehead atoms. The van der Waals surface area contributed by atoms with Crippen molar-refractivity contribution in [3.63, 3.8) is 0 Å². The number of rotatable bonds is 4. The third-order valence-electron chi connectivity index (χ3n) is 3.94. The summed E-state index contributed by atoms with van der Waals surface area (Å²) in [4.78, 5) is 0.268. The van der Waals surface area contributed by atoms with E-state index in [4.69, 9.17) is 5.73 Å². The Morgan fingerprint density at radius 1 is 1.32 bits per heavy atom. The predicted molar refractivity (Wildman–Crippen MR) is 79.0 cm³/mol. The molecule has 3 N–H and O–H groups in total. The largest absolute Gasteiger partial charge is 0.397 e. The highest BCUT2D eigenvalue weighted by Crippen LogP contribution is 2.31. The summed E-state index contributed by atoms with van der Waals surface area (Å²) >= 11 is 0. The van der Waals surface area contributed by atoms with Gasteiger partial charge in [-0.1, -0.05) is 12.8 Å². The molecular formula is C14H22N2O2S. The molecule has 0 amide bonds. The summed E-state index contributed by atoms with van der Waals surface area (Å²) in [7, 11) is -3.19. The summed E-state index contributed by atoms with van der Waals surface area (Å²) in [5, 5.41) is 3.41. The average Bonchev–Trinajstić information content (AvgIpc) is 2.84. The van der Waals surface area contributed by atoms with Crippen molar-refractivity contribution in [2.75, 3.05) is 17.3 Å². The highest BCUT2D eigenvalue weighted by atomic mass is 32.2. The van der Waals surface area contributed by atoms with Crippen molar-refractivity contribution < 1.29 is 8.42 Å². The monoisotopic (exact) mass is 282 g/mol. The van der Waals surface area contributed by atoms with Gasteiger partial charge < -0.3 is 11.1 Å². The van der Waals surface area contributed by atoms with Crippen molar-refractivity contribution >= 4 is 21.2 Å². The molecule has 19 heavy (non-hydrogen) atoms. The molecule has 1 saturated carbocycles. The Morgan fingerprint density at radius 3 is 2.47 bits per heavy atom. The van der Waals surface area contributed by atoms with Gasteiger partial charge in [0.25, 0.3) is 0 Å². The molecule has 1 aromatic rings. The molecule has 1 aliphatic rings. The smallest absolute Gasteiger partial charge is 0.175 e. The first-order chi connectivity index (χ1) is 8.88. The molecule has 1 aromatic carbocycles. The summed E-state index contributed by atoms with van der Waals surface area (Å²) in [5.74, 6) is 0.689. The van der Waals surface area contributed by atoms with Crippen molar-refractivity contribution in [1.29, 1.82) is 0 Å². The quantitative estimate of drug-likeness (QED) is 0.833. The van der Waals surface area contributed by atoms with Gasteiger partial charge in [-0.15, -0.1) is 0 Å². The van der Waals surface area contributed by atoms with Crippen molar-refractivity contribution in [2.45, 2.75) is 43.5 Å². The number of nitrogens with one attached hydrogen (secondary N) is 1. The van der Waals surface area contributed by atoms with E-state index in [1.54, 1.807) is 12.1 Å². The van der Waals surface area contributed by atoms with E-state index in [-0.39, 0.29) is 4.90 Å². The van der Waals surface area contributed by atoms with E-state index in [0.29, 0.717) is 17.6 Å². The first-order valence-corrected chi connectivity index (χ1v) is 8.63. The molecule has 1 unspecified atom stereocenters. The van der Waals surface area contributed by atoms with Crippen molar-refractivity contribution in [2.24, 2.45) is 5.92 Å². The topological polar surface area (TPSA) is 72.2 Å². The second-order valence-electron chi connectivity index (χ2n) is 5.50. The molecule has 106 valence electrons. The predicted octanol–water partition coefficient (Wildman–Crippen LogP) is 2.66. The second kappa shape index (κ2) is 5.41. The molecule has 1 atom stereocenters. The first kappa shape index (κ1) is 14.2. The molecule has 4 nitrogen and oxygen atoms in total. The number of nitrogen functional groups attached to an aromatic ring is 1. The fraction of sp³-hybridized carbons (Fsp3) is 0.571. The lowest BCUT2D eigenvalue weighted by Crippen LogP contribution is -2.24. The van der Waals surface area contributed by atoms with Gasteiger partial charge in [-0.3, -0.25) is 0 Å². The Balaban J connectivity index is 2.13. The lowest BCUT2D eigenvalue weighted by atomic mass is 9.99. The van der Waals surface area contributed by atoms with E-state index < -0.39 is 9.84 Å². The lowest BCUT2D eigenvalue weighted by Gasteiger charge is -2.22. The SMILES string of the molecule is CC(Nc1ccc(S(C)(=O)=O)cc1N)C1CCCC1. The van der Waals surface area contributed by atoms with Gasteiger partial charge in [0.2, 0.25) is 0 Å². The van der Waals surface area contributed by atoms with E-state index >= 15 is 0 Å². The average molecular weight is 282 g/mol. The zero-order chi connectivity index (χ0) is 14.0. The molecule has 1 fully saturated rings. The van der Waals surface area contributed by atoms with Crippen LogP contribution in [0.5, 0.6) is 0 Å². The number of benzene rings is 1. The van der Waals surface area contributed by atoms with E-state index in [9.17, 15) is 8.42 Å². The van der Waals surface area contributed by atoms with Crippen LogP contribution in [0.3, 0.4) is 0 Å². The fourth-order valence-electron chi connectivity index (χ4n) is 2.72. The summed E-state index contributed by atoms with van der Waals surface area (Å²) in [5.41, 5.74) is 7.26. The van der Waals surface area contributed by atoms with Crippen LogP contribution < -0.4 is 11.1 Å². The highest BCUT2D eigenvalue weighted by Gasteiger charge is 2.22. The molecular weight excluding hydrogens is 260 g/mol. The molecule has 0 saturated heterocycles. The fourth-order valence-corrected chi connectivity index (χ4v) is 3.38. The zero-order valence-electron chi connectivity index (χ0n) is 11.5. The van der Waals surface area contributed by atoms with Crippen LogP contribution in [0.2, 0.25) is 0 Å². The third kappa shape index (κ3) is 3.41. The molecule has 0 heterocycles. The van der Waals surface area contributed by atoms with Crippen molar-refractivity contribution in [3.05, 3.63) is 18.2 Å². The number of anilines is 2. The van der Waals surface area contributed by atoms with Gasteiger partial charge in [0, 0.05) is 12.3 Å². The van der Waals surface area contributed by atoms with E-state index in [2.05, 4.69) is 12.2 Å². The minimum Gasteiger partial charge on any atom is -0.397 e. The van der Waals surface area contributed by atoms with Crippen LogP contribution in [0.25, 0.3) is 0 Å². The normalized spacial score (nSPS) is 18.4. The molecule has 5 heteroatoms. The molecule has 0 aromatic heterocycles. The van der Waals surface area contributed by atoms with Gasteiger partial charge in [0.05, 0.1) is 16.3 Å². The molecule has 2 rings (SSSR count). The van der Waals surface area contributed by atoms with Crippen LogP contribution >= 0.6 is 0 Å². The zero-order valence-corrected chi connectivity index (χ0v) is 12.3. The van der Waals surface area contributed by atoms with Crippen molar-refractivity contribution in [3.8, 4) is 0 Å². The Morgan fingerprint density at radius 2 is 1.95 bits per heavy atom. The maximum Gasteiger partial charge on any atom is 0.175 e. The summed E-state index contributed by atoms with van der Waals surface area (Å²) in [6.07, 6.45) is 6.32. The maximum absolute atomic E-state index is 11.5.